The molecule has 38 heavy (non-hydrogen) atoms. The zero-order valence-corrected chi connectivity index (χ0v) is 21.7. The predicted molar refractivity (Wildman–Crippen MR) is 137 cm³/mol. The summed E-state index contributed by atoms with van der Waals surface area (Å²) in [5.41, 5.74) is -0.470. The molecule has 1 amide bonds. The zero-order chi connectivity index (χ0) is 27.8. The van der Waals surface area contributed by atoms with Crippen molar-refractivity contribution >= 4 is 28.9 Å². The SMILES string of the molecule is CC(O)CCc1cn(-c2ccc(CN3C(=S)N(c4ccc(C#N)c(C(F)(F)F)c4)C(=O)C3(C)C)cc2)nn1. The van der Waals surface area contributed by atoms with E-state index in [4.69, 9.17) is 17.5 Å². The summed E-state index contributed by atoms with van der Waals surface area (Å²) < 4.78 is 42.2. The van der Waals surface area contributed by atoms with Crippen molar-refractivity contribution in [3.63, 3.8) is 0 Å². The molecule has 1 aliphatic rings. The Labute approximate surface area is 222 Å². The number of hydrogen-bond donors (Lipinski definition) is 1. The summed E-state index contributed by atoms with van der Waals surface area (Å²) >= 11 is 5.56. The van der Waals surface area contributed by atoms with Crippen LogP contribution in [0.2, 0.25) is 0 Å². The number of carbonyl (C=O) groups excluding carboxylic acids is 1. The van der Waals surface area contributed by atoms with E-state index in [1.807, 2.05) is 24.3 Å². The van der Waals surface area contributed by atoms with Gasteiger partial charge < -0.3 is 10.0 Å². The number of hydrogen-bond acceptors (Lipinski definition) is 6. The van der Waals surface area contributed by atoms with Crippen molar-refractivity contribution in [1.82, 2.24) is 19.9 Å². The number of aliphatic hydroxyl groups is 1. The quantitative estimate of drug-likeness (QED) is 0.443. The Balaban J connectivity index is 1.55. The van der Waals surface area contributed by atoms with Crippen LogP contribution in [0.15, 0.2) is 48.7 Å². The first kappa shape index (κ1) is 27.2. The topological polar surface area (TPSA) is 98.3 Å². The third kappa shape index (κ3) is 5.25. The van der Waals surface area contributed by atoms with Gasteiger partial charge in [-0.1, -0.05) is 17.3 Å². The Morgan fingerprint density at radius 1 is 1.16 bits per heavy atom. The Morgan fingerprint density at radius 3 is 2.42 bits per heavy atom. The van der Waals surface area contributed by atoms with E-state index in [9.17, 15) is 23.1 Å². The van der Waals surface area contributed by atoms with Crippen LogP contribution in [0.4, 0.5) is 18.9 Å². The average molecular weight is 543 g/mol. The molecular weight excluding hydrogens is 517 g/mol. The minimum atomic E-state index is -4.76. The molecule has 1 fully saturated rings. The largest absolute Gasteiger partial charge is 0.417 e. The van der Waals surface area contributed by atoms with Crippen molar-refractivity contribution in [3.8, 4) is 11.8 Å². The van der Waals surface area contributed by atoms with Gasteiger partial charge in [0.15, 0.2) is 5.11 Å². The van der Waals surface area contributed by atoms with Gasteiger partial charge >= 0.3 is 6.18 Å². The minimum Gasteiger partial charge on any atom is -0.393 e. The lowest BCUT2D eigenvalue weighted by Gasteiger charge is -2.29. The van der Waals surface area contributed by atoms with Gasteiger partial charge in [0.2, 0.25) is 0 Å². The number of carbonyl (C=O) groups is 1. The van der Waals surface area contributed by atoms with E-state index >= 15 is 0 Å². The van der Waals surface area contributed by atoms with Crippen LogP contribution in [0.1, 0.15) is 49.6 Å². The summed E-state index contributed by atoms with van der Waals surface area (Å²) in [6.07, 6.45) is -2.21. The molecule has 198 valence electrons. The lowest BCUT2D eigenvalue weighted by Crippen LogP contribution is -2.43. The van der Waals surface area contributed by atoms with Gasteiger partial charge in [-0.25, -0.2) is 4.68 Å². The number of thiocarbonyl (C=S) groups is 1. The molecule has 4 rings (SSSR count). The van der Waals surface area contributed by atoms with E-state index in [2.05, 4.69) is 10.3 Å². The predicted octanol–water partition coefficient (Wildman–Crippen LogP) is 4.38. The van der Waals surface area contributed by atoms with Crippen LogP contribution in [0.5, 0.6) is 0 Å². The first-order valence-corrected chi connectivity index (χ1v) is 12.2. The van der Waals surface area contributed by atoms with Crippen molar-refractivity contribution < 1.29 is 23.1 Å². The van der Waals surface area contributed by atoms with Gasteiger partial charge in [0, 0.05) is 6.54 Å². The molecule has 12 heteroatoms. The van der Waals surface area contributed by atoms with Gasteiger partial charge in [-0.15, -0.1) is 5.10 Å². The van der Waals surface area contributed by atoms with Gasteiger partial charge in [0.25, 0.3) is 5.91 Å². The highest BCUT2D eigenvalue weighted by molar-refractivity contribution is 7.80. The van der Waals surface area contributed by atoms with Crippen LogP contribution >= 0.6 is 12.2 Å². The van der Waals surface area contributed by atoms with Crippen LogP contribution in [-0.2, 0) is 23.9 Å². The Kier molecular flexibility index (Phi) is 7.27. The molecule has 3 aromatic rings. The summed E-state index contributed by atoms with van der Waals surface area (Å²) in [5, 5.41) is 26.9. The summed E-state index contributed by atoms with van der Waals surface area (Å²) in [7, 11) is 0. The first-order valence-electron chi connectivity index (χ1n) is 11.8. The normalized spacial score (nSPS) is 16.2. The number of nitrogens with zero attached hydrogens (tertiary/aromatic N) is 6. The molecule has 0 aliphatic carbocycles. The van der Waals surface area contributed by atoms with Crippen molar-refractivity contribution in [2.24, 2.45) is 0 Å². The van der Waals surface area contributed by atoms with Gasteiger partial charge in [-0.2, -0.15) is 18.4 Å². The molecule has 1 aromatic heterocycles. The van der Waals surface area contributed by atoms with E-state index in [1.165, 1.54) is 6.07 Å². The number of aromatic nitrogens is 3. The lowest BCUT2D eigenvalue weighted by atomic mass is 10.0. The fraction of sp³-hybridized carbons (Fsp3) is 0.346. The molecule has 0 radical (unpaired) electrons. The molecular formula is C26H25F3N6O2S. The molecule has 8 nitrogen and oxygen atoms in total. The first-order chi connectivity index (χ1) is 17.8. The molecule has 1 saturated heterocycles. The molecule has 2 heterocycles. The van der Waals surface area contributed by atoms with Gasteiger partial charge in [0.05, 0.1) is 46.6 Å². The average Bonchev–Trinajstić information content (AvgIpc) is 3.40. The summed E-state index contributed by atoms with van der Waals surface area (Å²) in [6.45, 7) is 5.28. The zero-order valence-electron chi connectivity index (χ0n) is 20.9. The van der Waals surface area contributed by atoms with Crippen molar-refractivity contribution in [2.45, 2.75) is 58.0 Å². The highest BCUT2D eigenvalue weighted by atomic mass is 32.1. The van der Waals surface area contributed by atoms with Gasteiger partial charge in [-0.3, -0.25) is 9.69 Å². The van der Waals surface area contributed by atoms with Crippen molar-refractivity contribution in [3.05, 3.63) is 71.0 Å². The number of aliphatic hydroxyl groups excluding tert-OH is 1. The van der Waals surface area contributed by atoms with Crippen LogP contribution in [0.3, 0.4) is 0 Å². The molecule has 1 aliphatic heterocycles. The number of nitriles is 1. The molecule has 0 bridgehead atoms. The number of rotatable bonds is 7. The third-order valence-corrected chi connectivity index (χ3v) is 6.81. The number of benzene rings is 2. The van der Waals surface area contributed by atoms with Gasteiger partial charge in [0.1, 0.15) is 5.54 Å². The van der Waals surface area contributed by atoms with Crippen LogP contribution in [0, 0.1) is 11.3 Å². The van der Waals surface area contributed by atoms with Crippen LogP contribution in [-0.4, -0.2) is 47.7 Å². The second-order valence-electron chi connectivity index (χ2n) is 9.62. The Bertz CT molecular complexity index is 1410. The van der Waals surface area contributed by atoms with E-state index in [0.717, 1.165) is 34.0 Å². The smallest absolute Gasteiger partial charge is 0.393 e. The summed E-state index contributed by atoms with van der Waals surface area (Å²) in [6, 6.07) is 12.0. The fourth-order valence-electron chi connectivity index (χ4n) is 4.16. The lowest BCUT2D eigenvalue weighted by molar-refractivity contribution is -0.137. The van der Waals surface area contributed by atoms with E-state index in [-0.39, 0.29) is 17.3 Å². The number of halogens is 3. The molecule has 1 atom stereocenters. The monoisotopic (exact) mass is 542 g/mol. The molecule has 0 spiro atoms. The Morgan fingerprint density at radius 2 is 1.82 bits per heavy atom. The van der Waals surface area contributed by atoms with Crippen LogP contribution < -0.4 is 4.90 Å². The van der Waals surface area contributed by atoms with E-state index < -0.39 is 34.9 Å². The molecule has 2 aromatic carbocycles. The second kappa shape index (κ2) is 10.2. The highest BCUT2D eigenvalue weighted by Crippen LogP contribution is 2.38. The van der Waals surface area contributed by atoms with Gasteiger partial charge in [-0.05, 0) is 81.7 Å². The Hall–Kier alpha value is -3.82. The maximum absolute atomic E-state index is 13.5. The third-order valence-electron chi connectivity index (χ3n) is 6.41. The fourth-order valence-corrected chi connectivity index (χ4v) is 4.65. The minimum absolute atomic E-state index is 0.0465. The molecule has 1 unspecified atom stereocenters. The molecule has 1 N–H and O–H groups in total. The maximum atomic E-state index is 13.5. The number of alkyl halides is 3. The standard InChI is InChI=1S/C26H25F3N6O2S/c1-16(36)4-8-19-15-34(32-31-19)20-9-5-17(6-10-20)14-33-24(38)35(23(37)25(33,2)3)21-11-7-18(13-30)22(12-21)26(27,28)29/h5-7,9-12,15-16,36H,4,8,14H2,1-3H3. The number of amides is 1. The molecule has 0 saturated carbocycles. The number of anilines is 1. The number of aryl methyl sites for hydroxylation is 1. The van der Waals surface area contributed by atoms with E-state index in [1.54, 1.807) is 42.6 Å². The van der Waals surface area contributed by atoms with E-state index in [0.29, 0.717) is 12.8 Å². The van der Waals surface area contributed by atoms with Crippen molar-refractivity contribution in [1.29, 1.82) is 5.26 Å². The maximum Gasteiger partial charge on any atom is 0.417 e. The highest BCUT2D eigenvalue weighted by Gasteiger charge is 2.49. The van der Waals surface area contributed by atoms with Crippen molar-refractivity contribution in [2.75, 3.05) is 4.90 Å². The summed E-state index contributed by atoms with van der Waals surface area (Å²) in [5.74, 6) is -0.468. The second-order valence-corrected chi connectivity index (χ2v) is 9.98. The summed E-state index contributed by atoms with van der Waals surface area (Å²) in [4.78, 5) is 16.1. The van der Waals surface area contributed by atoms with Crippen LogP contribution in [0.25, 0.3) is 5.69 Å².